The molecule has 7 unspecified atom stereocenters. The summed E-state index contributed by atoms with van der Waals surface area (Å²) in [7, 11) is 0. The fourth-order valence-corrected chi connectivity index (χ4v) is 6.12. The van der Waals surface area contributed by atoms with E-state index < -0.39 is 0 Å². The summed E-state index contributed by atoms with van der Waals surface area (Å²) in [5.74, 6) is 6.75. The molecule has 4 aliphatic rings. The van der Waals surface area contributed by atoms with Gasteiger partial charge >= 0.3 is 0 Å². The molecule has 0 heterocycles. The van der Waals surface area contributed by atoms with Gasteiger partial charge in [0.05, 0.1) is 0 Å². The molecule has 0 radical (unpaired) electrons. The third kappa shape index (κ3) is 0.774. The van der Waals surface area contributed by atoms with Crippen LogP contribution in [-0.4, -0.2) is 5.25 Å². The summed E-state index contributed by atoms with van der Waals surface area (Å²) in [6.07, 6.45) is 7.75. The van der Waals surface area contributed by atoms with Crippen molar-refractivity contribution in [3.05, 3.63) is 0 Å². The van der Waals surface area contributed by atoms with E-state index in [0.717, 1.165) is 34.8 Å². The van der Waals surface area contributed by atoms with Gasteiger partial charge in [-0.05, 0) is 67.6 Å². The molecule has 0 amide bonds. The summed E-state index contributed by atoms with van der Waals surface area (Å²) in [6.45, 7) is 0. The van der Waals surface area contributed by atoms with Crippen LogP contribution in [0.4, 0.5) is 0 Å². The van der Waals surface area contributed by atoms with Crippen molar-refractivity contribution >= 4 is 12.6 Å². The number of rotatable bonds is 0. The van der Waals surface area contributed by atoms with Crippen LogP contribution in [0.1, 0.15) is 32.1 Å². The number of hydrogen-bond acceptors (Lipinski definition) is 1. The average molecular weight is 194 g/mol. The molecule has 0 aromatic carbocycles. The van der Waals surface area contributed by atoms with Crippen LogP contribution in [0.2, 0.25) is 0 Å². The molecule has 4 bridgehead atoms. The van der Waals surface area contributed by atoms with Crippen LogP contribution in [0.15, 0.2) is 0 Å². The molecule has 4 saturated carbocycles. The number of hydrogen-bond donors (Lipinski definition) is 1. The van der Waals surface area contributed by atoms with Gasteiger partial charge in [0, 0.05) is 5.25 Å². The lowest BCUT2D eigenvalue weighted by molar-refractivity contribution is 0.150. The molecule has 4 fully saturated rings. The molecule has 0 aromatic heterocycles. The summed E-state index contributed by atoms with van der Waals surface area (Å²) < 4.78 is 0. The molecule has 4 aliphatic carbocycles. The van der Waals surface area contributed by atoms with Gasteiger partial charge in [0.15, 0.2) is 0 Å². The molecule has 0 N–H and O–H groups in total. The Bertz CT molecular complexity index is 250. The molecular weight excluding hydrogens is 176 g/mol. The fraction of sp³-hybridized carbons (Fsp3) is 1.00. The van der Waals surface area contributed by atoms with Crippen LogP contribution in [0.25, 0.3) is 0 Å². The van der Waals surface area contributed by atoms with Crippen LogP contribution in [-0.2, 0) is 0 Å². The van der Waals surface area contributed by atoms with Crippen molar-refractivity contribution in [3.8, 4) is 0 Å². The second kappa shape index (κ2) is 2.29. The lowest BCUT2D eigenvalue weighted by Gasteiger charge is -2.37. The van der Waals surface area contributed by atoms with E-state index >= 15 is 0 Å². The fourth-order valence-electron chi connectivity index (χ4n) is 5.53. The van der Waals surface area contributed by atoms with Crippen molar-refractivity contribution in [3.63, 3.8) is 0 Å². The van der Waals surface area contributed by atoms with Crippen LogP contribution in [0, 0.1) is 35.5 Å². The van der Waals surface area contributed by atoms with Crippen molar-refractivity contribution in [2.45, 2.75) is 37.4 Å². The molecule has 7 atom stereocenters. The van der Waals surface area contributed by atoms with E-state index in [1.807, 2.05) is 0 Å². The SMILES string of the molecule is SC1CC2CC1C1C3CCC(C3)C21. The summed E-state index contributed by atoms with van der Waals surface area (Å²) in [6, 6.07) is 0. The van der Waals surface area contributed by atoms with E-state index in [1.54, 1.807) is 25.7 Å². The lowest BCUT2D eigenvalue weighted by Crippen LogP contribution is -2.32. The highest BCUT2D eigenvalue weighted by molar-refractivity contribution is 7.81. The zero-order valence-corrected chi connectivity index (χ0v) is 8.92. The topological polar surface area (TPSA) is 0 Å². The molecule has 0 spiro atoms. The van der Waals surface area contributed by atoms with Gasteiger partial charge in [-0.2, -0.15) is 12.6 Å². The van der Waals surface area contributed by atoms with Gasteiger partial charge in [-0.3, -0.25) is 0 Å². The van der Waals surface area contributed by atoms with Gasteiger partial charge in [0.2, 0.25) is 0 Å². The molecule has 13 heavy (non-hydrogen) atoms. The molecular formula is C12H18S. The Morgan fingerprint density at radius 1 is 0.769 bits per heavy atom. The smallest absolute Gasteiger partial charge is 0.00507 e. The zero-order valence-electron chi connectivity index (χ0n) is 8.02. The van der Waals surface area contributed by atoms with E-state index in [1.165, 1.54) is 12.3 Å². The highest BCUT2D eigenvalue weighted by atomic mass is 32.1. The minimum atomic E-state index is 0.783. The van der Waals surface area contributed by atoms with Crippen molar-refractivity contribution in [1.82, 2.24) is 0 Å². The molecule has 0 saturated heterocycles. The molecule has 0 nitrogen and oxygen atoms in total. The van der Waals surface area contributed by atoms with Crippen LogP contribution < -0.4 is 0 Å². The number of thiol groups is 1. The highest BCUT2D eigenvalue weighted by Crippen LogP contribution is 2.68. The van der Waals surface area contributed by atoms with Gasteiger partial charge in [-0.15, -0.1) is 0 Å². The van der Waals surface area contributed by atoms with Gasteiger partial charge in [0.1, 0.15) is 0 Å². The third-order valence-electron chi connectivity index (χ3n) is 5.70. The minimum absolute atomic E-state index is 0.783. The first-order valence-electron chi connectivity index (χ1n) is 6.02. The average Bonchev–Trinajstić information content (AvgIpc) is 2.78. The van der Waals surface area contributed by atoms with Gasteiger partial charge in [-0.1, -0.05) is 0 Å². The van der Waals surface area contributed by atoms with Crippen LogP contribution >= 0.6 is 12.6 Å². The van der Waals surface area contributed by atoms with E-state index in [2.05, 4.69) is 0 Å². The van der Waals surface area contributed by atoms with Crippen LogP contribution in [0.3, 0.4) is 0 Å². The summed E-state index contributed by atoms with van der Waals surface area (Å²) in [5.41, 5.74) is 0. The minimum Gasteiger partial charge on any atom is -0.176 e. The van der Waals surface area contributed by atoms with Gasteiger partial charge in [0.25, 0.3) is 0 Å². The van der Waals surface area contributed by atoms with E-state index in [-0.39, 0.29) is 0 Å². The molecule has 0 aliphatic heterocycles. The highest BCUT2D eigenvalue weighted by Gasteiger charge is 2.61. The summed E-state index contributed by atoms with van der Waals surface area (Å²) >= 11 is 4.77. The standard InChI is InChI=1S/C12H18S/c13-10-5-8-4-9(10)12-7-2-1-6(3-7)11(8)12/h6-13H,1-5H2. The maximum atomic E-state index is 4.77. The monoisotopic (exact) mass is 194 g/mol. The molecule has 0 aromatic rings. The predicted octanol–water partition coefficient (Wildman–Crippen LogP) is 2.99. The van der Waals surface area contributed by atoms with E-state index in [9.17, 15) is 0 Å². The zero-order chi connectivity index (χ0) is 8.58. The first-order chi connectivity index (χ1) is 6.34. The second-order valence-electron chi connectivity index (χ2n) is 5.95. The van der Waals surface area contributed by atoms with Crippen LogP contribution in [0.5, 0.6) is 0 Å². The molecule has 72 valence electrons. The first kappa shape index (κ1) is 7.62. The van der Waals surface area contributed by atoms with E-state index in [4.69, 9.17) is 12.6 Å². The number of fused-ring (bicyclic) bond motifs is 9. The molecule has 1 heteroatoms. The van der Waals surface area contributed by atoms with Crippen molar-refractivity contribution in [2.24, 2.45) is 35.5 Å². The summed E-state index contributed by atoms with van der Waals surface area (Å²) in [4.78, 5) is 0. The Balaban J connectivity index is 1.75. The first-order valence-corrected chi connectivity index (χ1v) is 6.54. The Morgan fingerprint density at radius 3 is 2.38 bits per heavy atom. The second-order valence-corrected chi connectivity index (χ2v) is 6.61. The Kier molecular flexibility index (Phi) is 1.34. The third-order valence-corrected chi connectivity index (χ3v) is 6.29. The Hall–Kier alpha value is 0.350. The van der Waals surface area contributed by atoms with Crippen molar-refractivity contribution < 1.29 is 0 Å². The largest absolute Gasteiger partial charge is 0.176 e. The summed E-state index contributed by atoms with van der Waals surface area (Å²) in [5, 5.41) is 0.783. The van der Waals surface area contributed by atoms with E-state index in [0.29, 0.717) is 0 Å². The van der Waals surface area contributed by atoms with Gasteiger partial charge in [-0.25, -0.2) is 0 Å². The lowest BCUT2D eigenvalue weighted by atomic mass is 9.71. The maximum absolute atomic E-state index is 4.77. The normalized spacial score (nSPS) is 67.6. The predicted molar refractivity (Wildman–Crippen MR) is 56.8 cm³/mol. The maximum Gasteiger partial charge on any atom is 0.00507 e. The Labute approximate surface area is 85.9 Å². The van der Waals surface area contributed by atoms with Crippen molar-refractivity contribution in [2.75, 3.05) is 0 Å². The Morgan fingerprint density at radius 2 is 1.54 bits per heavy atom. The van der Waals surface area contributed by atoms with Crippen molar-refractivity contribution in [1.29, 1.82) is 0 Å². The van der Waals surface area contributed by atoms with Gasteiger partial charge < -0.3 is 0 Å². The molecule has 4 rings (SSSR count). The quantitative estimate of drug-likeness (QED) is 0.445.